The zero-order valence-electron chi connectivity index (χ0n) is 18.4. The van der Waals surface area contributed by atoms with Gasteiger partial charge in [0.2, 0.25) is 4.96 Å². The van der Waals surface area contributed by atoms with Crippen LogP contribution < -0.4 is 15.2 Å². The number of carbonyl (C=O) groups excluding carboxylic acids is 1. The Hall–Kier alpha value is -3.72. The molecular weight excluding hydrogens is 438 g/mol. The zero-order chi connectivity index (χ0) is 22.9. The molecule has 2 aromatic carbocycles. The molecule has 0 atom stereocenters. The van der Waals surface area contributed by atoms with Crippen molar-refractivity contribution in [3.63, 3.8) is 0 Å². The van der Waals surface area contributed by atoms with E-state index in [1.165, 1.54) is 21.9 Å². The van der Waals surface area contributed by atoms with Crippen LogP contribution in [-0.4, -0.2) is 58.7 Å². The van der Waals surface area contributed by atoms with E-state index in [4.69, 9.17) is 9.72 Å². The van der Waals surface area contributed by atoms with Crippen LogP contribution >= 0.6 is 11.3 Å². The molecule has 0 N–H and O–H groups in total. The number of carbonyl (C=O) groups is 1. The maximum Gasteiger partial charge on any atom is 0.277 e. The highest BCUT2D eigenvalue weighted by Crippen LogP contribution is 2.28. The van der Waals surface area contributed by atoms with Crippen molar-refractivity contribution in [2.75, 3.05) is 38.2 Å². The Morgan fingerprint density at radius 1 is 1.03 bits per heavy atom. The van der Waals surface area contributed by atoms with Crippen LogP contribution in [0.3, 0.4) is 0 Å². The molecule has 0 saturated carbocycles. The highest BCUT2D eigenvalue weighted by Gasteiger charge is 2.24. The van der Waals surface area contributed by atoms with Gasteiger partial charge in [-0.05, 0) is 30.7 Å². The lowest BCUT2D eigenvalue weighted by molar-refractivity contribution is 0.0746. The van der Waals surface area contributed by atoms with Crippen LogP contribution in [0.15, 0.2) is 59.4 Å². The van der Waals surface area contributed by atoms with Gasteiger partial charge in [-0.3, -0.25) is 9.59 Å². The Bertz CT molecular complexity index is 1390. The summed E-state index contributed by atoms with van der Waals surface area (Å²) in [6.07, 6.45) is 0. The molecule has 1 amide bonds. The lowest BCUT2D eigenvalue weighted by atomic mass is 10.1. The first-order valence-corrected chi connectivity index (χ1v) is 11.5. The number of rotatable bonds is 4. The van der Waals surface area contributed by atoms with Gasteiger partial charge < -0.3 is 14.5 Å². The molecule has 9 heteroatoms. The molecule has 0 unspecified atom stereocenters. The van der Waals surface area contributed by atoms with Crippen LogP contribution in [0.2, 0.25) is 0 Å². The number of hydrogen-bond donors (Lipinski definition) is 0. The van der Waals surface area contributed by atoms with Crippen molar-refractivity contribution >= 4 is 28.0 Å². The van der Waals surface area contributed by atoms with Crippen molar-refractivity contribution in [2.24, 2.45) is 0 Å². The third-order valence-electron chi connectivity index (χ3n) is 5.81. The van der Waals surface area contributed by atoms with E-state index in [-0.39, 0.29) is 11.5 Å². The minimum atomic E-state index is -0.207. The van der Waals surface area contributed by atoms with E-state index in [2.05, 4.69) is 5.10 Å². The van der Waals surface area contributed by atoms with Gasteiger partial charge >= 0.3 is 0 Å². The maximum absolute atomic E-state index is 12.9. The van der Waals surface area contributed by atoms with Crippen LogP contribution in [0.5, 0.6) is 5.75 Å². The minimum Gasteiger partial charge on any atom is -0.497 e. The molecular formula is C24H23N5O3S. The van der Waals surface area contributed by atoms with E-state index < -0.39 is 0 Å². The van der Waals surface area contributed by atoms with Gasteiger partial charge in [-0.25, -0.2) is 4.98 Å². The molecule has 3 heterocycles. The average molecular weight is 462 g/mol. The molecule has 8 nitrogen and oxygen atoms in total. The maximum atomic E-state index is 12.9. The summed E-state index contributed by atoms with van der Waals surface area (Å²) in [6.45, 7) is 4.32. The summed E-state index contributed by atoms with van der Waals surface area (Å²) in [5.41, 5.74) is 2.50. The van der Waals surface area contributed by atoms with Gasteiger partial charge in [-0.15, -0.1) is 0 Å². The van der Waals surface area contributed by atoms with E-state index in [0.29, 0.717) is 48.3 Å². The number of aryl methyl sites for hydroxylation is 1. The molecule has 1 fully saturated rings. The number of amides is 1. The van der Waals surface area contributed by atoms with Gasteiger partial charge in [0.05, 0.1) is 7.11 Å². The summed E-state index contributed by atoms with van der Waals surface area (Å²) in [6, 6.07) is 16.7. The number of methoxy groups -OCH3 is 1. The number of hydrogen-bond acceptors (Lipinski definition) is 7. The molecule has 1 saturated heterocycles. The molecule has 33 heavy (non-hydrogen) atoms. The Balaban J connectivity index is 1.35. The predicted octanol–water partition coefficient (Wildman–Crippen LogP) is 3.10. The summed E-state index contributed by atoms with van der Waals surface area (Å²) in [7, 11) is 1.59. The number of aromatic nitrogens is 3. The van der Waals surface area contributed by atoms with E-state index >= 15 is 0 Å². The topological polar surface area (TPSA) is 80.0 Å². The number of benzene rings is 2. The monoisotopic (exact) mass is 461 g/mol. The Morgan fingerprint density at radius 2 is 1.82 bits per heavy atom. The highest BCUT2D eigenvalue weighted by molar-refractivity contribution is 7.19. The Morgan fingerprint density at radius 3 is 2.58 bits per heavy atom. The standard InChI is InChI=1S/C24H23N5O3S/c1-16-6-3-4-9-19(16)22-26-29-21(30)15-20(25-24(29)33-22)27-10-12-28(13-11-27)23(31)17-7-5-8-18(14-17)32-2/h3-9,14-15H,10-13H2,1-2H3. The quantitative estimate of drug-likeness (QED) is 0.465. The van der Waals surface area contributed by atoms with Gasteiger partial charge in [-0.2, -0.15) is 9.61 Å². The van der Waals surface area contributed by atoms with Gasteiger partial charge in [-0.1, -0.05) is 41.7 Å². The first-order valence-electron chi connectivity index (χ1n) is 10.7. The third-order valence-corrected chi connectivity index (χ3v) is 6.76. The second kappa shape index (κ2) is 8.67. The first-order chi connectivity index (χ1) is 16.0. The van der Waals surface area contributed by atoms with Gasteiger partial charge in [0.1, 0.15) is 16.6 Å². The SMILES string of the molecule is COc1cccc(C(=O)N2CCN(c3cc(=O)n4nc(-c5ccccc5C)sc4n3)CC2)c1. The Labute approximate surface area is 194 Å². The van der Waals surface area contributed by atoms with Gasteiger partial charge in [0, 0.05) is 43.4 Å². The molecule has 2 aromatic heterocycles. The number of ether oxygens (including phenoxy) is 1. The Kier molecular flexibility index (Phi) is 5.55. The summed E-state index contributed by atoms with van der Waals surface area (Å²) in [4.78, 5) is 34.8. The largest absolute Gasteiger partial charge is 0.497 e. The lowest BCUT2D eigenvalue weighted by Crippen LogP contribution is -2.49. The molecule has 4 aromatic rings. The van der Waals surface area contributed by atoms with Crippen molar-refractivity contribution < 1.29 is 9.53 Å². The van der Waals surface area contributed by atoms with E-state index in [1.54, 1.807) is 19.2 Å². The predicted molar refractivity (Wildman–Crippen MR) is 128 cm³/mol. The van der Waals surface area contributed by atoms with E-state index in [0.717, 1.165) is 16.1 Å². The molecule has 5 rings (SSSR count). The normalized spacial score (nSPS) is 14.0. The molecule has 0 aliphatic carbocycles. The summed E-state index contributed by atoms with van der Waals surface area (Å²) < 4.78 is 6.59. The molecule has 0 bridgehead atoms. The average Bonchev–Trinajstić information content (AvgIpc) is 3.28. The molecule has 168 valence electrons. The summed E-state index contributed by atoms with van der Waals surface area (Å²) >= 11 is 1.40. The summed E-state index contributed by atoms with van der Waals surface area (Å²) in [5, 5.41) is 5.26. The van der Waals surface area contributed by atoms with Crippen molar-refractivity contribution in [1.82, 2.24) is 19.5 Å². The minimum absolute atomic E-state index is 0.0256. The smallest absolute Gasteiger partial charge is 0.277 e. The molecule has 0 spiro atoms. The molecule has 1 aliphatic heterocycles. The van der Waals surface area contributed by atoms with Crippen molar-refractivity contribution in [3.8, 4) is 16.3 Å². The van der Waals surface area contributed by atoms with Crippen LogP contribution in [0, 0.1) is 6.92 Å². The number of nitrogens with zero attached hydrogens (tertiary/aromatic N) is 5. The second-order valence-electron chi connectivity index (χ2n) is 7.88. The summed E-state index contributed by atoms with van der Waals surface area (Å²) in [5.74, 6) is 1.25. The van der Waals surface area contributed by atoms with Crippen LogP contribution in [-0.2, 0) is 0 Å². The zero-order valence-corrected chi connectivity index (χ0v) is 19.2. The van der Waals surface area contributed by atoms with Gasteiger partial charge in [0.25, 0.3) is 11.5 Å². The van der Waals surface area contributed by atoms with Crippen LogP contribution in [0.4, 0.5) is 5.82 Å². The second-order valence-corrected chi connectivity index (χ2v) is 8.84. The fourth-order valence-electron chi connectivity index (χ4n) is 3.96. The van der Waals surface area contributed by atoms with Crippen LogP contribution in [0.25, 0.3) is 15.5 Å². The van der Waals surface area contributed by atoms with Crippen molar-refractivity contribution in [3.05, 3.63) is 76.1 Å². The van der Waals surface area contributed by atoms with Crippen molar-refractivity contribution in [2.45, 2.75) is 6.92 Å². The van der Waals surface area contributed by atoms with E-state index in [1.807, 2.05) is 53.1 Å². The third kappa shape index (κ3) is 4.07. The first kappa shape index (κ1) is 21.1. The van der Waals surface area contributed by atoms with Gasteiger partial charge in [0.15, 0.2) is 0 Å². The number of piperazine rings is 1. The lowest BCUT2D eigenvalue weighted by Gasteiger charge is -2.35. The molecule has 1 aliphatic rings. The van der Waals surface area contributed by atoms with E-state index in [9.17, 15) is 9.59 Å². The number of anilines is 1. The fraction of sp³-hybridized carbons (Fsp3) is 0.250. The number of fused-ring (bicyclic) bond motifs is 1. The fourth-order valence-corrected chi connectivity index (χ4v) is 4.95. The highest BCUT2D eigenvalue weighted by atomic mass is 32.1. The van der Waals surface area contributed by atoms with Crippen LogP contribution in [0.1, 0.15) is 15.9 Å². The molecule has 0 radical (unpaired) electrons. The van der Waals surface area contributed by atoms with Crippen molar-refractivity contribution in [1.29, 1.82) is 0 Å².